The molecule has 0 aliphatic heterocycles. The molecule has 0 radical (unpaired) electrons. The van der Waals surface area contributed by atoms with Gasteiger partial charge in [0, 0.05) is 16.8 Å². The maximum absolute atomic E-state index is 12.2. The molecule has 0 saturated carbocycles. The summed E-state index contributed by atoms with van der Waals surface area (Å²) in [6, 6.07) is 11.5. The second kappa shape index (κ2) is 7.90. The van der Waals surface area contributed by atoms with Crippen molar-refractivity contribution in [3.8, 4) is 5.75 Å². The zero-order valence-corrected chi connectivity index (χ0v) is 15.0. The summed E-state index contributed by atoms with van der Waals surface area (Å²) in [7, 11) is 0. The van der Waals surface area contributed by atoms with Crippen LogP contribution in [0.3, 0.4) is 0 Å². The van der Waals surface area contributed by atoms with Crippen LogP contribution >= 0.6 is 11.3 Å². The highest BCUT2D eigenvalue weighted by molar-refractivity contribution is 7.09. The van der Waals surface area contributed by atoms with Gasteiger partial charge in [0.05, 0.1) is 18.3 Å². The number of pyridine rings is 1. The van der Waals surface area contributed by atoms with Crippen LogP contribution in [0.1, 0.15) is 22.0 Å². The summed E-state index contributed by atoms with van der Waals surface area (Å²) in [5, 5.41) is 5.64. The monoisotopic (exact) mass is 353 g/mol. The number of benzene rings is 1. The van der Waals surface area contributed by atoms with Gasteiger partial charge in [0.25, 0.3) is 0 Å². The molecule has 3 rings (SSSR count). The molecule has 1 N–H and O–H groups in total. The number of ether oxygens (including phenoxy) is 1. The summed E-state index contributed by atoms with van der Waals surface area (Å²) in [5.41, 5.74) is 3.56. The number of hydrogen-bond donors (Lipinski definition) is 1. The second-order valence-corrected chi connectivity index (χ2v) is 6.64. The minimum atomic E-state index is -0.0743. The maximum atomic E-state index is 12.2. The van der Waals surface area contributed by atoms with Crippen LogP contribution < -0.4 is 10.1 Å². The Morgan fingerprint density at radius 1 is 1.20 bits per heavy atom. The molecular weight excluding hydrogens is 334 g/mol. The van der Waals surface area contributed by atoms with Gasteiger partial charge in [-0.2, -0.15) is 0 Å². The lowest BCUT2D eigenvalue weighted by Crippen LogP contribution is -2.15. The molecule has 2 heterocycles. The fourth-order valence-electron chi connectivity index (χ4n) is 2.25. The lowest BCUT2D eigenvalue weighted by Gasteiger charge is -2.07. The molecule has 128 valence electrons. The van der Waals surface area contributed by atoms with Crippen molar-refractivity contribution < 1.29 is 9.53 Å². The number of para-hydroxylation sites is 1. The van der Waals surface area contributed by atoms with E-state index in [4.69, 9.17) is 4.74 Å². The van der Waals surface area contributed by atoms with Crippen molar-refractivity contribution >= 4 is 22.9 Å². The summed E-state index contributed by atoms with van der Waals surface area (Å²) in [6.07, 6.45) is 1.94. The van der Waals surface area contributed by atoms with Crippen LogP contribution in [0.4, 0.5) is 5.69 Å². The van der Waals surface area contributed by atoms with Crippen LogP contribution in [0.5, 0.6) is 5.75 Å². The number of aromatic nitrogens is 2. The number of hydrogen-bond acceptors (Lipinski definition) is 5. The third kappa shape index (κ3) is 4.87. The zero-order chi connectivity index (χ0) is 17.6. The van der Waals surface area contributed by atoms with E-state index < -0.39 is 0 Å². The minimum absolute atomic E-state index is 0.0743. The molecule has 5 nitrogen and oxygen atoms in total. The van der Waals surface area contributed by atoms with Crippen molar-refractivity contribution in [1.29, 1.82) is 0 Å². The van der Waals surface area contributed by atoms with E-state index in [2.05, 4.69) is 15.3 Å². The van der Waals surface area contributed by atoms with E-state index in [-0.39, 0.29) is 12.3 Å². The first-order valence-electron chi connectivity index (χ1n) is 7.94. The normalized spacial score (nSPS) is 10.5. The third-order valence-corrected chi connectivity index (χ3v) is 4.48. The fourth-order valence-corrected chi connectivity index (χ4v) is 2.96. The molecule has 0 fully saturated rings. The molecule has 0 bridgehead atoms. The van der Waals surface area contributed by atoms with E-state index in [1.807, 2.05) is 55.6 Å². The molecule has 0 aliphatic rings. The molecule has 6 heteroatoms. The predicted octanol–water partition coefficient (Wildman–Crippen LogP) is 3.92. The van der Waals surface area contributed by atoms with Crippen molar-refractivity contribution in [1.82, 2.24) is 9.97 Å². The van der Waals surface area contributed by atoms with Crippen LogP contribution in [0.25, 0.3) is 0 Å². The van der Waals surface area contributed by atoms with Crippen LogP contribution in [0.15, 0.2) is 48.0 Å². The number of carbonyl (C=O) groups is 1. The van der Waals surface area contributed by atoms with Gasteiger partial charge in [-0.05, 0) is 37.6 Å². The van der Waals surface area contributed by atoms with E-state index in [0.29, 0.717) is 12.4 Å². The van der Waals surface area contributed by atoms with Gasteiger partial charge in [0.1, 0.15) is 17.4 Å². The average molecular weight is 353 g/mol. The Morgan fingerprint density at radius 2 is 2.04 bits per heavy atom. The molecule has 0 unspecified atom stereocenters. The highest BCUT2D eigenvalue weighted by Gasteiger charge is 2.09. The highest BCUT2D eigenvalue weighted by atomic mass is 32.1. The molecule has 25 heavy (non-hydrogen) atoms. The Morgan fingerprint density at radius 3 is 2.80 bits per heavy atom. The van der Waals surface area contributed by atoms with Gasteiger partial charge in [0.2, 0.25) is 5.91 Å². The number of nitrogens with one attached hydrogen (secondary N) is 1. The Kier molecular flexibility index (Phi) is 5.40. The molecule has 0 saturated heterocycles. The lowest BCUT2D eigenvalue weighted by molar-refractivity contribution is -0.115. The number of thiazole rings is 1. The number of anilines is 1. The van der Waals surface area contributed by atoms with Gasteiger partial charge >= 0.3 is 0 Å². The van der Waals surface area contributed by atoms with Crippen LogP contribution in [0, 0.1) is 13.8 Å². The smallest absolute Gasteiger partial charge is 0.230 e. The first-order valence-corrected chi connectivity index (χ1v) is 8.82. The van der Waals surface area contributed by atoms with E-state index in [0.717, 1.165) is 27.6 Å². The number of rotatable bonds is 6. The summed E-state index contributed by atoms with van der Waals surface area (Å²) in [5.74, 6) is 0.634. The molecule has 2 aromatic heterocycles. The van der Waals surface area contributed by atoms with Crippen LogP contribution in [-0.4, -0.2) is 15.9 Å². The lowest BCUT2D eigenvalue weighted by atomic mass is 10.2. The van der Waals surface area contributed by atoms with Gasteiger partial charge in [-0.15, -0.1) is 11.3 Å². The Hall–Kier alpha value is -2.73. The van der Waals surface area contributed by atoms with E-state index in [9.17, 15) is 4.79 Å². The Labute approximate surface area is 150 Å². The summed E-state index contributed by atoms with van der Waals surface area (Å²) < 4.78 is 5.66. The van der Waals surface area contributed by atoms with Crippen molar-refractivity contribution in [3.05, 3.63) is 69.9 Å². The zero-order valence-electron chi connectivity index (χ0n) is 14.2. The molecular formula is C19H19N3O2S. The second-order valence-electron chi connectivity index (χ2n) is 5.70. The van der Waals surface area contributed by atoms with Gasteiger partial charge < -0.3 is 10.1 Å². The SMILES string of the molecule is Cc1ccc(OCc2nc(CC(=O)Nc3ccccc3C)cs2)cn1. The quantitative estimate of drug-likeness (QED) is 0.730. The molecule has 1 amide bonds. The fraction of sp³-hybridized carbons (Fsp3) is 0.211. The van der Waals surface area contributed by atoms with E-state index >= 15 is 0 Å². The van der Waals surface area contributed by atoms with Gasteiger partial charge in [0.15, 0.2) is 0 Å². The van der Waals surface area contributed by atoms with Crippen molar-refractivity contribution in [2.75, 3.05) is 5.32 Å². The number of aryl methyl sites for hydroxylation is 2. The minimum Gasteiger partial charge on any atom is -0.485 e. The molecule has 0 aliphatic carbocycles. The molecule has 0 spiro atoms. The van der Waals surface area contributed by atoms with Crippen molar-refractivity contribution in [2.45, 2.75) is 26.9 Å². The predicted molar refractivity (Wildman–Crippen MR) is 98.9 cm³/mol. The van der Waals surface area contributed by atoms with Gasteiger partial charge in [-0.3, -0.25) is 9.78 Å². The Bertz CT molecular complexity index is 859. The van der Waals surface area contributed by atoms with E-state index in [1.165, 1.54) is 11.3 Å². The summed E-state index contributed by atoms with van der Waals surface area (Å²) >= 11 is 1.49. The largest absolute Gasteiger partial charge is 0.485 e. The average Bonchev–Trinajstić information content (AvgIpc) is 3.04. The number of carbonyl (C=O) groups excluding carboxylic acids is 1. The summed E-state index contributed by atoms with van der Waals surface area (Å²) in [4.78, 5) is 20.8. The van der Waals surface area contributed by atoms with Crippen molar-refractivity contribution in [3.63, 3.8) is 0 Å². The van der Waals surface area contributed by atoms with Crippen LogP contribution in [0.2, 0.25) is 0 Å². The highest BCUT2D eigenvalue weighted by Crippen LogP contribution is 2.17. The molecule has 1 aromatic carbocycles. The maximum Gasteiger partial charge on any atom is 0.230 e. The first-order chi connectivity index (χ1) is 12.1. The van der Waals surface area contributed by atoms with Gasteiger partial charge in [-0.25, -0.2) is 4.98 Å². The third-order valence-electron chi connectivity index (χ3n) is 3.61. The van der Waals surface area contributed by atoms with E-state index in [1.54, 1.807) is 6.20 Å². The first kappa shape index (κ1) is 17.1. The topological polar surface area (TPSA) is 64.1 Å². The number of amides is 1. The molecule has 3 aromatic rings. The summed E-state index contributed by atoms with van der Waals surface area (Å²) in [6.45, 7) is 4.27. The Balaban J connectivity index is 1.53. The van der Waals surface area contributed by atoms with Crippen LogP contribution in [-0.2, 0) is 17.8 Å². The van der Waals surface area contributed by atoms with Gasteiger partial charge in [-0.1, -0.05) is 18.2 Å². The standard InChI is InChI=1S/C19H19N3O2S/c1-13-5-3-4-6-17(13)22-18(23)9-15-12-25-19(21-15)11-24-16-8-7-14(2)20-10-16/h3-8,10,12H,9,11H2,1-2H3,(H,22,23). The molecule has 0 atom stereocenters. The number of nitrogens with zero attached hydrogens (tertiary/aromatic N) is 2. The van der Waals surface area contributed by atoms with Crippen molar-refractivity contribution in [2.24, 2.45) is 0 Å².